The molecule has 0 amide bonds. The molecule has 1 atom stereocenters. The molecule has 1 unspecified atom stereocenters. The first-order valence-corrected chi connectivity index (χ1v) is 7.95. The Morgan fingerprint density at radius 3 is 1.50 bits per heavy atom. The molecule has 11 heteroatoms. The number of carbonyl (C=O) groups is 2. The van der Waals surface area contributed by atoms with Gasteiger partial charge in [-0.25, -0.2) is 4.79 Å². The highest BCUT2D eigenvalue weighted by molar-refractivity contribution is 5.79. The standard InChI is InChI=1S/C7H16O3.C4H6O5.C4H10O3/c1-7(2)10-6-5-9-4-3-8;5-2(4(8)9)1-3(6)7;5-1-3-7-4-2-6/h7-8H,3-6H2,1-2H3;2,5H,1H2,(H,6,7)(H,8,9);5-6H,1-4H2. The largest absolute Gasteiger partial charge is 0.481 e. The fraction of sp³-hybridized carbons (Fsp3) is 0.867. The summed E-state index contributed by atoms with van der Waals surface area (Å²) >= 11 is 0. The summed E-state index contributed by atoms with van der Waals surface area (Å²) in [7, 11) is 0. The van der Waals surface area contributed by atoms with Crippen molar-refractivity contribution in [2.45, 2.75) is 32.5 Å². The molecule has 158 valence electrons. The van der Waals surface area contributed by atoms with Crippen LogP contribution in [0.2, 0.25) is 0 Å². The second kappa shape index (κ2) is 23.7. The Hall–Kier alpha value is -1.34. The van der Waals surface area contributed by atoms with Gasteiger partial charge in [0, 0.05) is 0 Å². The first-order valence-electron chi connectivity index (χ1n) is 7.95. The van der Waals surface area contributed by atoms with Gasteiger partial charge in [-0.1, -0.05) is 0 Å². The van der Waals surface area contributed by atoms with E-state index in [1.54, 1.807) is 0 Å². The maximum atomic E-state index is 9.72. The fourth-order valence-electron chi connectivity index (χ4n) is 0.993. The van der Waals surface area contributed by atoms with E-state index in [0.29, 0.717) is 33.0 Å². The molecular formula is C15H32O11. The van der Waals surface area contributed by atoms with Crippen LogP contribution in [-0.4, -0.2) is 108 Å². The van der Waals surface area contributed by atoms with E-state index in [9.17, 15) is 9.59 Å². The average molecular weight is 388 g/mol. The zero-order valence-corrected chi connectivity index (χ0v) is 15.2. The van der Waals surface area contributed by atoms with E-state index in [1.165, 1.54) is 0 Å². The molecule has 0 aromatic carbocycles. The van der Waals surface area contributed by atoms with Crippen LogP contribution >= 0.6 is 0 Å². The van der Waals surface area contributed by atoms with Crippen LogP contribution < -0.4 is 0 Å². The van der Waals surface area contributed by atoms with E-state index >= 15 is 0 Å². The van der Waals surface area contributed by atoms with Crippen LogP contribution in [0.5, 0.6) is 0 Å². The van der Waals surface area contributed by atoms with Crippen molar-refractivity contribution < 1.29 is 54.4 Å². The van der Waals surface area contributed by atoms with Gasteiger partial charge in [0.1, 0.15) is 0 Å². The predicted molar refractivity (Wildman–Crippen MR) is 89.9 cm³/mol. The lowest BCUT2D eigenvalue weighted by atomic mass is 10.3. The van der Waals surface area contributed by atoms with Gasteiger partial charge in [0.05, 0.1) is 65.4 Å². The van der Waals surface area contributed by atoms with E-state index in [2.05, 4.69) is 4.74 Å². The first-order chi connectivity index (χ1) is 12.2. The van der Waals surface area contributed by atoms with Gasteiger partial charge in [-0.3, -0.25) is 4.79 Å². The van der Waals surface area contributed by atoms with Crippen molar-refractivity contribution in [2.75, 3.05) is 52.9 Å². The molecule has 0 aromatic heterocycles. The second-order valence-corrected chi connectivity index (χ2v) is 4.77. The molecule has 0 aliphatic rings. The molecule has 0 spiro atoms. The average Bonchev–Trinajstić information content (AvgIpc) is 2.55. The molecule has 0 bridgehead atoms. The second-order valence-electron chi connectivity index (χ2n) is 4.77. The monoisotopic (exact) mass is 388 g/mol. The van der Waals surface area contributed by atoms with Crippen molar-refractivity contribution >= 4 is 11.9 Å². The maximum absolute atomic E-state index is 9.72. The summed E-state index contributed by atoms with van der Waals surface area (Å²) in [5.41, 5.74) is 0. The highest BCUT2D eigenvalue weighted by Crippen LogP contribution is 1.89. The van der Waals surface area contributed by atoms with Crippen molar-refractivity contribution in [1.82, 2.24) is 0 Å². The summed E-state index contributed by atoms with van der Waals surface area (Å²) in [5.74, 6) is -2.85. The number of rotatable bonds is 13. The van der Waals surface area contributed by atoms with Gasteiger partial charge in [0.2, 0.25) is 0 Å². The zero-order valence-electron chi connectivity index (χ0n) is 15.2. The number of hydrogen-bond acceptors (Lipinski definition) is 9. The SMILES string of the molecule is CC(C)OCCOCCO.O=C(O)CC(O)C(=O)O.OCCOCCO. The molecule has 0 saturated heterocycles. The molecule has 0 rings (SSSR count). The smallest absolute Gasteiger partial charge is 0.333 e. The maximum Gasteiger partial charge on any atom is 0.333 e. The predicted octanol–water partition coefficient (Wildman–Crippen LogP) is -1.69. The molecule has 0 radical (unpaired) electrons. The molecule has 0 fully saturated rings. The van der Waals surface area contributed by atoms with Crippen LogP contribution in [0.3, 0.4) is 0 Å². The lowest BCUT2D eigenvalue weighted by molar-refractivity contribution is -0.152. The highest BCUT2D eigenvalue weighted by atomic mass is 16.5. The molecule has 0 heterocycles. The van der Waals surface area contributed by atoms with Crippen molar-refractivity contribution in [2.24, 2.45) is 0 Å². The van der Waals surface area contributed by atoms with Crippen molar-refractivity contribution in [1.29, 1.82) is 0 Å². The molecule has 0 aliphatic heterocycles. The van der Waals surface area contributed by atoms with Crippen molar-refractivity contribution in [3.8, 4) is 0 Å². The van der Waals surface area contributed by atoms with Gasteiger partial charge in [-0.2, -0.15) is 0 Å². The van der Waals surface area contributed by atoms with Crippen molar-refractivity contribution in [3.63, 3.8) is 0 Å². The summed E-state index contributed by atoms with van der Waals surface area (Å²) in [5, 5.41) is 48.6. The molecule has 6 N–H and O–H groups in total. The Bertz CT molecular complexity index is 306. The van der Waals surface area contributed by atoms with Gasteiger partial charge in [-0.05, 0) is 13.8 Å². The van der Waals surface area contributed by atoms with Crippen LogP contribution in [0.1, 0.15) is 20.3 Å². The normalized spacial score (nSPS) is 11.0. The topological polar surface area (TPSA) is 183 Å². The number of ether oxygens (including phenoxy) is 3. The van der Waals surface area contributed by atoms with Crippen LogP contribution in [0.15, 0.2) is 0 Å². The minimum atomic E-state index is -1.79. The Balaban J connectivity index is -0.000000310. The molecule has 11 nitrogen and oxygen atoms in total. The summed E-state index contributed by atoms with van der Waals surface area (Å²) in [6, 6.07) is 0. The van der Waals surface area contributed by atoms with Crippen LogP contribution in [0.4, 0.5) is 0 Å². The van der Waals surface area contributed by atoms with Gasteiger partial charge in [0.25, 0.3) is 0 Å². The fourth-order valence-corrected chi connectivity index (χ4v) is 0.993. The molecule has 26 heavy (non-hydrogen) atoms. The third kappa shape index (κ3) is 34.1. The Morgan fingerprint density at radius 2 is 1.23 bits per heavy atom. The Labute approximate surface area is 152 Å². The van der Waals surface area contributed by atoms with Gasteiger partial charge < -0.3 is 44.8 Å². The van der Waals surface area contributed by atoms with Crippen LogP contribution in [0.25, 0.3) is 0 Å². The number of carboxylic acid groups (broad SMARTS) is 2. The molecule has 0 aromatic rings. The molecular weight excluding hydrogens is 356 g/mol. The number of aliphatic hydroxyl groups excluding tert-OH is 4. The quantitative estimate of drug-likeness (QED) is 0.198. The summed E-state index contributed by atoms with van der Waals surface area (Å²) in [6.07, 6.45) is -2.28. The Morgan fingerprint density at radius 1 is 0.808 bits per heavy atom. The van der Waals surface area contributed by atoms with Crippen molar-refractivity contribution in [3.05, 3.63) is 0 Å². The molecule has 0 aliphatic carbocycles. The lowest BCUT2D eigenvalue weighted by Gasteiger charge is -2.06. The summed E-state index contributed by atoms with van der Waals surface area (Å²) in [6.45, 7) is 6.32. The minimum absolute atomic E-state index is 0.0278. The van der Waals surface area contributed by atoms with E-state index in [4.69, 9.17) is 40.1 Å². The number of aliphatic hydroxyl groups is 4. The number of carboxylic acids is 2. The van der Waals surface area contributed by atoms with Gasteiger partial charge in [-0.15, -0.1) is 0 Å². The third-order valence-corrected chi connectivity index (χ3v) is 2.04. The van der Waals surface area contributed by atoms with Gasteiger partial charge in [0.15, 0.2) is 6.10 Å². The number of hydrogen-bond donors (Lipinski definition) is 6. The minimum Gasteiger partial charge on any atom is -0.481 e. The van der Waals surface area contributed by atoms with E-state index < -0.39 is 24.5 Å². The summed E-state index contributed by atoms with van der Waals surface area (Å²) in [4.78, 5) is 19.4. The lowest BCUT2D eigenvalue weighted by Crippen LogP contribution is -2.22. The van der Waals surface area contributed by atoms with Crippen LogP contribution in [-0.2, 0) is 23.8 Å². The van der Waals surface area contributed by atoms with Crippen LogP contribution in [0, 0.1) is 0 Å². The number of aliphatic carboxylic acids is 2. The van der Waals surface area contributed by atoms with E-state index in [-0.39, 0.29) is 25.9 Å². The zero-order chi connectivity index (χ0) is 20.8. The Kier molecular flexibility index (Phi) is 26.8. The van der Waals surface area contributed by atoms with E-state index in [0.717, 1.165) is 0 Å². The first kappa shape index (κ1) is 29.4. The van der Waals surface area contributed by atoms with Gasteiger partial charge >= 0.3 is 11.9 Å². The summed E-state index contributed by atoms with van der Waals surface area (Å²) < 4.78 is 14.8. The van der Waals surface area contributed by atoms with E-state index in [1.807, 2.05) is 13.8 Å². The highest BCUT2D eigenvalue weighted by Gasteiger charge is 2.16. The third-order valence-electron chi connectivity index (χ3n) is 2.04. The molecule has 0 saturated carbocycles.